The Labute approximate surface area is 152 Å². The number of pyridine rings is 2. The molecule has 4 heterocycles. The van der Waals surface area contributed by atoms with E-state index in [1.54, 1.807) is 17.1 Å². The molecule has 3 aromatic rings. The number of hydrogen-bond donors (Lipinski definition) is 0. The normalized spacial score (nSPS) is 17.8. The van der Waals surface area contributed by atoms with Crippen molar-refractivity contribution in [2.45, 2.75) is 32.2 Å². The zero-order valence-corrected chi connectivity index (χ0v) is 15.2. The third-order valence-corrected chi connectivity index (χ3v) is 5.08. The van der Waals surface area contributed by atoms with Crippen molar-refractivity contribution in [1.29, 1.82) is 0 Å². The number of aromatic nitrogens is 4. The Morgan fingerprint density at radius 2 is 2.19 bits per heavy atom. The predicted octanol–water partition coefficient (Wildman–Crippen LogP) is 2.63. The van der Waals surface area contributed by atoms with Gasteiger partial charge in [0.05, 0.1) is 30.4 Å². The molecule has 1 aliphatic heterocycles. The van der Waals surface area contributed by atoms with Crippen LogP contribution in [0.4, 0.5) is 0 Å². The highest BCUT2D eigenvalue weighted by atomic mass is 16.1. The third kappa shape index (κ3) is 3.51. The molecule has 0 radical (unpaired) electrons. The summed E-state index contributed by atoms with van der Waals surface area (Å²) in [4.78, 5) is 23.9. The maximum atomic E-state index is 12.4. The van der Waals surface area contributed by atoms with E-state index in [1.165, 1.54) is 12.8 Å². The van der Waals surface area contributed by atoms with Gasteiger partial charge in [0.15, 0.2) is 5.78 Å². The van der Waals surface area contributed by atoms with Crippen molar-refractivity contribution in [3.05, 3.63) is 42.5 Å². The van der Waals surface area contributed by atoms with E-state index in [-0.39, 0.29) is 5.78 Å². The summed E-state index contributed by atoms with van der Waals surface area (Å²) in [6.45, 7) is 3.73. The van der Waals surface area contributed by atoms with Crippen molar-refractivity contribution in [3.63, 3.8) is 0 Å². The van der Waals surface area contributed by atoms with Gasteiger partial charge >= 0.3 is 0 Å². The van der Waals surface area contributed by atoms with E-state index in [9.17, 15) is 4.79 Å². The summed E-state index contributed by atoms with van der Waals surface area (Å²) in [5.74, 6) is 0.217. The highest BCUT2D eigenvalue weighted by Gasteiger charge is 2.22. The Hall–Kier alpha value is -2.60. The summed E-state index contributed by atoms with van der Waals surface area (Å²) in [7, 11) is 1.89. The van der Waals surface area contributed by atoms with Crippen molar-refractivity contribution in [2.75, 3.05) is 13.1 Å². The highest BCUT2D eigenvalue weighted by Crippen LogP contribution is 2.21. The van der Waals surface area contributed by atoms with E-state index in [1.807, 2.05) is 31.4 Å². The van der Waals surface area contributed by atoms with Gasteiger partial charge in [-0.3, -0.25) is 19.4 Å². The molecule has 0 amide bonds. The number of ketones is 1. The van der Waals surface area contributed by atoms with E-state index >= 15 is 0 Å². The number of carbonyl (C=O) groups excluding carboxylic acids is 1. The fourth-order valence-corrected chi connectivity index (χ4v) is 3.58. The molecule has 0 unspecified atom stereocenters. The van der Waals surface area contributed by atoms with Crippen LogP contribution in [0.3, 0.4) is 0 Å². The lowest BCUT2D eigenvalue weighted by Crippen LogP contribution is -2.33. The van der Waals surface area contributed by atoms with Crippen molar-refractivity contribution >= 4 is 16.7 Å². The Morgan fingerprint density at radius 3 is 2.92 bits per heavy atom. The van der Waals surface area contributed by atoms with Crippen molar-refractivity contribution in [1.82, 2.24) is 24.6 Å². The molecule has 1 saturated heterocycles. The average molecular weight is 349 g/mol. The number of hydrogen-bond acceptors (Lipinski definition) is 5. The molecule has 1 atom stereocenters. The van der Waals surface area contributed by atoms with E-state index in [2.05, 4.69) is 21.9 Å². The molecule has 0 aliphatic carbocycles. The molecule has 0 saturated carbocycles. The van der Waals surface area contributed by atoms with Gasteiger partial charge in [-0.1, -0.05) is 0 Å². The number of likely N-dealkylation sites (tertiary alicyclic amines) is 1. The summed E-state index contributed by atoms with van der Waals surface area (Å²) in [5.41, 5.74) is 3.50. The van der Waals surface area contributed by atoms with Crippen LogP contribution < -0.4 is 0 Å². The van der Waals surface area contributed by atoms with E-state index < -0.39 is 0 Å². The summed E-state index contributed by atoms with van der Waals surface area (Å²) in [5, 5.41) is 5.17. The summed E-state index contributed by atoms with van der Waals surface area (Å²) >= 11 is 0. The van der Waals surface area contributed by atoms with Gasteiger partial charge in [-0.15, -0.1) is 0 Å². The van der Waals surface area contributed by atoms with E-state index in [0.717, 1.165) is 34.4 Å². The molecular formula is C20H23N5O. The van der Waals surface area contributed by atoms with Crippen LogP contribution in [0.15, 0.2) is 36.8 Å². The van der Waals surface area contributed by atoms with Crippen LogP contribution in [0.2, 0.25) is 0 Å². The van der Waals surface area contributed by atoms with Crippen molar-refractivity contribution in [2.24, 2.45) is 7.05 Å². The summed E-state index contributed by atoms with van der Waals surface area (Å²) in [6.07, 6.45) is 8.27. The molecule has 134 valence electrons. The Kier molecular flexibility index (Phi) is 4.51. The van der Waals surface area contributed by atoms with Gasteiger partial charge in [-0.05, 0) is 44.5 Å². The van der Waals surface area contributed by atoms with Crippen LogP contribution in [-0.2, 0) is 18.3 Å². The summed E-state index contributed by atoms with van der Waals surface area (Å²) in [6, 6.07) is 6.42. The van der Waals surface area contributed by atoms with Gasteiger partial charge in [0.25, 0.3) is 0 Å². The second kappa shape index (κ2) is 6.96. The van der Waals surface area contributed by atoms with Gasteiger partial charge in [0.1, 0.15) is 0 Å². The molecule has 1 fully saturated rings. The van der Waals surface area contributed by atoms with Crippen molar-refractivity contribution < 1.29 is 4.79 Å². The lowest BCUT2D eigenvalue weighted by Gasteiger charge is -2.19. The zero-order chi connectivity index (χ0) is 18.1. The van der Waals surface area contributed by atoms with Crippen LogP contribution >= 0.6 is 0 Å². The highest BCUT2D eigenvalue weighted by molar-refractivity contribution is 5.85. The Morgan fingerprint density at radius 1 is 1.31 bits per heavy atom. The topological polar surface area (TPSA) is 63.9 Å². The predicted molar refractivity (Wildman–Crippen MR) is 101 cm³/mol. The van der Waals surface area contributed by atoms with Crippen LogP contribution in [0.1, 0.15) is 25.5 Å². The standard InChI is InChI=1S/C20H23N5O/c1-14-4-3-7-25(14)13-18(26)8-17-9-20-15(10-21-17)5-6-19(23-20)16-11-22-24(2)12-16/h5-6,9-12,14H,3-4,7-8,13H2,1-2H3/t14-/m1/s1. The molecule has 0 aromatic carbocycles. The molecule has 0 N–H and O–H groups in total. The number of fused-ring (bicyclic) bond motifs is 1. The maximum Gasteiger partial charge on any atom is 0.152 e. The van der Waals surface area contributed by atoms with Gasteiger partial charge in [-0.2, -0.15) is 5.10 Å². The van der Waals surface area contributed by atoms with Gasteiger partial charge in [0, 0.05) is 42.1 Å². The van der Waals surface area contributed by atoms with Gasteiger partial charge in [0.2, 0.25) is 0 Å². The van der Waals surface area contributed by atoms with Crippen molar-refractivity contribution in [3.8, 4) is 11.3 Å². The number of rotatable bonds is 5. The third-order valence-electron chi connectivity index (χ3n) is 5.08. The monoisotopic (exact) mass is 349 g/mol. The first kappa shape index (κ1) is 16.8. The molecular weight excluding hydrogens is 326 g/mol. The number of aryl methyl sites for hydroxylation is 1. The van der Waals surface area contributed by atoms with Crippen LogP contribution in [0, 0.1) is 0 Å². The quantitative estimate of drug-likeness (QED) is 0.708. The summed E-state index contributed by atoms with van der Waals surface area (Å²) < 4.78 is 1.76. The minimum Gasteiger partial charge on any atom is -0.298 e. The number of Topliss-reactive ketones (excluding diaryl/α,β-unsaturated/α-hetero) is 1. The minimum absolute atomic E-state index is 0.217. The lowest BCUT2D eigenvalue weighted by atomic mass is 10.1. The first-order chi connectivity index (χ1) is 12.6. The molecule has 0 spiro atoms. The molecule has 26 heavy (non-hydrogen) atoms. The SMILES string of the molecule is C[C@@H]1CCCN1CC(=O)Cc1cc2nc(-c3cnn(C)c3)ccc2cn1. The maximum absolute atomic E-state index is 12.4. The first-order valence-electron chi connectivity index (χ1n) is 9.09. The minimum atomic E-state index is 0.217. The van der Waals surface area contributed by atoms with E-state index in [4.69, 9.17) is 4.98 Å². The molecule has 6 nitrogen and oxygen atoms in total. The largest absolute Gasteiger partial charge is 0.298 e. The molecule has 0 bridgehead atoms. The van der Waals surface area contributed by atoms with Crippen LogP contribution in [-0.4, -0.2) is 49.6 Å². The second-order valence-corrected chi connectivity index (χ2v) is 7.14. The molecule has 6 heteroatoms. The molecule has 4 rings (SSSR count). The fraction of sp³-hybridized carbons (Fsp3) is 0.400. The number of carbonyl (C=O) groups is 1. The second-order valence-electron chi connectivity index (χ2n) is 7.14. The molecule has 3 aromatic heterocycles. The smallest absolute Gasteiger partial charge is 0.152 e. The molecule has 1 aliphatic rings. The van der Waals surface area contributed by atoms with Crippen LogP contribution in [0.25, 0.3) is 22.2 Å². The van der Waals surface area contributed by atoms with E-state index in [0.29, 0.717) is 19.0 Å². The average Bonchev–Trinajstić information content (AvgIpc) is 3.23. The first-order valence-corrected chi connectivity index (χ1v) is 9.09. The fourth-order valence-electron chi connectivity index (χ4n) is 3.58. The van der Waals surface area contributed by atoms with Gasteiger partial charge in [-0.25, -0.2) is 4.98 Å². The Bertz CT molecular complexity index is 948. The lowest BCUT2D eigenvalue weighted by molar-refractivity contribution is -0.119. The number of nitrogens with zero attached hydrogens (tertiary/aromatic N) is 5. The van der Waals surface area contributed by atoms with Gasteiger partial charge < -0.3 is 0 Å². The van der Waals surface area contributed by atoms with Crippen LogP contribution in [0.5, 0.6) is 0 Å². The zero-order valence-electron chi connectivity index (χ0n) is 15.2. The Balaban J connectivity index is 1.53.